The number of nitrogens with two attached hydrogens (primary N) is 1. The van der Waals surface area contributed by atoms with Crippen LogP contribution in [-0.4, -0.2) is 23.3 Å². The van der Waals surface area contributed by atoms with Crippen molar-refractivity contribution in [2.45, 2.75) is 13.3 Å². The number of nitrogens with zero attached hydrogens (tertiary/aromatic N) is 1. The Morgan fingerprint density at radius 1 is 1.21 bits per heavy atom. The van der Waals surface area contributed by atoms with Gasteiger partial charge in [0.15, 0.2) is 5.78 Å². The quantitative estimate of drug-likeness (QED) is 0.718. The summed E-state index contributed by atoms with van der Waals surface area (Å²) in [5.41, 5.74) is 8.21. The Morgan fingerprint density at radius 3 is 2.76 bits per heavy atom. The lowest BCUT2D eigenvalue weighted by molar-refractivity contribution is 0.0848. The Labute approximate surface area is 168 Å². The van der Waals surface area contributed by atoms with E-state index < -0.39 is 5.91 Å². The third kappa shape index (κ3) is 3.82. The molecule has 1 aliphatic rings. The number of fused-ring (bicyclic) bond motifs is 1. The van der Waals surface area contributed by atoms with E-state index in [1.807, 2.05) is 19.1 Å². The predicted octanol–water partition coefficient (Wildman–Crippen LogP) is 3.77. The van der Waals surface area contributed by atoms with Gasteiger partial charge in [-0.2, -0.15) is 0 Å². The van der Waals surface area contributed by atoms with E-state index in [2.05, 4.69) is 4.98 Å². The summed E-state index contributed by atoms with van der Waals surface area (Å²) in [4.78, 5) is 28.3. The maximum absolute atomic E-state index is 12.3. The molecule has 3 aromatic rings. The lowest BCUT2D eigenvalue weighted by Gasteiger charge is -2.22. The molecule has 4 rings (SSSR count). The molecular formula is C23H20N2O4. The van der Waals surface area contributed by atoms with Crippen LogP contribution >= 0.6 is 0 Å². The van der Waals surface area contributed by atoms with Crippen LogP contribution in [0.2, 0.25) is 0 Å². The molecule has 2 heterocycles. The summed E-state index contributed by atoms with van der Waals surface area (Å²) in [5.74, 6) is 0.929. The number of rotatable bonds is 5. The zero-order chi connectivity index (χ0) is 20.4. The summed E-state index contributed by atoms with van der Waals surface area (Å²) in [6.45, 7) is 2.19. The van der Waals surface area contributed by atoms with Crippen molar-refractivity contribution in [1.82, 2.24) is 4.98 Å². The van der Waals surface area contributed by atoms with Gasteiger partial charge in [-0.15, -0.1) is 0 Å². The molecule has 29 heavy (non-hydrogen) atoms. The average molecular weight is 388 g/mol. The fourth-order valence-corrected chi connectivity index (χ4v) is 3.35. The summed E-state index contributed by atoms with van der Waals surface area (Å²) in [5, 5.41) is 0. The van der Waals surface area contributed by atoms with Crippen molar-refractivity contribution in [2.24, 2.45) is 11.7 Å². The van der Waals surface area contributed by atoms with E-state index in [1.165, 1.54) is 0 Å². The second-order valence-corrected chi connectivity index (χ2v) is 7.02. The van der Waals surface area contributed by atoms with Crippen molar-refractivity contribution >= 4 is 11.7 Å². The van der Waals surface area contributed by atoms with Crippen LogP contribution in [0.25, 0.3) is 0 Å². The highest BCUT2D eigenvalue weighted by Crippen LogP contribution is 2.35. The molecule has 0 radical (unpaired) electrons. The van der Waals surface area contributed by atoms with Crippen LogP contribution < -0.4 is 15.2 Å². The fourth-order valence-electron chi connectivity index (χ4n) is 3.35. The number of benzene rings is 2. The summed E-state index contributed by atoms with van der Waals surface area (Å²) in [6.07, 6.45) is 3.86. The Morgan fingerprint density at radius 2 is 2.00 bits per heavy atom. The monoisotopic (exact) mass is 388 g/mol. The minimum atomic E-state index is -0.520. The van der Waals surface area contributed by atoms with Gasteiger partial charge in [0.2, 0.25) is 5.91 Å². The summed E-state index contributed by atoms with van der Waals surface area (Å²) >= 11 is 0. The molecule has 1 amide bonds. The molecule has 0 saturated carbocycles. The van der Waals surface area contributed by atoms with Crippen molar-refractivity contribution in [1.29, 1.82) is 0 Å². The molecule has 1 aromatic heterocycles. The highest BCUT2D eigenvalue weighted by atomic mass is 16.5. The van der Waals surface area contributed by atoms with Gasteiger partial charge in [0.05, 0.1) is 18.1 Å². The third-order valence-corrected chi connectivity index (χ3v) is 4.91. The lowest BCUT2D eigenvalue weighted by Crippen LogP contribution is -2.25. The molecule has 1 aliphatic heterocycles. The number of carbonyl (C=O) groups is 2. The summed E-state index contributed by atoms with van der Waals surface area (Å²) in [7, 11) is 0. The first-order valence-corrected chi connectivity index (χ1v) is 9.32. The van der Waals surface area contributed by atoms with Crippen LogP contribution in [0.5, 0.6) is 17.2 Å². The number of pyridine rings is 1. The van der Waals surface area contributed by atoms with E-state index in [0.717, 1.165) is 5.56 Å². The summed E-state index contributed by atoms with van der Waals surface area (Å²) in [6, 6.07) is 14.1. The van der Waals surface area contributed by atoms with Crippen molar-refractivity contribution in [2.75, 3.05) is 6.61 Å². The van der Waals surface area contributed by atoms with Gasteiger partial charge in [0, 0.05) is 36.0 Å². The second-order valence-electron chi connectivity index (χ2n) is 7.02. The van der Waals surface area contributed by atoms with Gasteiger partial charge in [-0.1, -0.05) is 13.0 Å². The number of hydrogen-bond acceptors (Lipinski definition) is 5. The zero-order valence-electron chi connectivity index (χ0n) is 15.9. The van der Waals surface area contributed by atoms with Gasteiger partial charge in [0.25, 0.3) is 0 Å². The number of ether oxygens (including phenoxy) is 2. The lowest BCUT2D eigenvalue weighted by atomic mass is 9.96. The largest absolute Gasteiger partial charge is 0.492 e. The minimum Gasteiger partial charge on any atom is -0.492 e. The van der Waals surface area contributed by atoms with Gasteiger partial charge in [0.1, 0.15) is 17.2 Å². The maximum Gasteiger partial charge on any atom is 0.249 e. The van der Waals surface area contributed by atoms with Gasteiger partial charge in [-0.05, 0) is 42.0 Å². The van der Waals surface area contributed by atoms with Gasteiger partial charge in [-0.3, -0.25) is 14.6 Å². The summed E-state index contributed by atoms with van der Waals surface area (Å²) < 4.78 is 11.8. The molecule has 2 aromatic carbocycles. The van der Waals surface area contributed by atoms with E-state index in [-0.39, 0.29) is 11.7 Å². The minimum absolute atomic E-state index is 0.0619. The number of primary amides is 1. The molecule has 146 valence electrons. The first kappa shape index (κ1) is 18.7. The Hall–Kier alpha value is -3.67. The number of hydrogen-bond donors (Lipinski definition) is 1. The predicted molar refractivity (Wildman–Crippen MR) is 108 cm³/mol. The van der Waals surface area contributed by atoms with Crippen molar-refractivity contribution in [3.63, 3.8) is 0 Å². The van der Waals surface area contributed by atoms with E-state index in [4.69, 9.17) is 15.2 Å². The number of amides is 1. The number of aromatic nitrogens is 1. The van der Waals surface area contributed by atoms with Crippen molar-refractivity contribution in [3.05, 3.63) is 83.2 Å². The molecule has 0 saturated heterocycles. The molecule has 0 fully saturated rings. The SMILES string of the molecule is C[C@H]1COc2cc(Oc3cccc(C(N)=O)c3Cc3ccncc3)ccc2C1=O. The van der Waals surface area contributed by atoms with Crippen LogP contribution in [0.4, 0.5) is 0 Å². The Balaban J connectivity index is 1.69. The second kappa shape index (κ2) is 7.75. The van der Waals surface area contributed by atoms with Crippen LogP contribution in [0, 0.1) is 5.92 Å². The van der Waals surface area contributed by atoms with Gasteiger partial charge >= 0.3 is 0 Å². The number of Topliss-reactive ketones (excluding diaryl/α,β-unsaturated/α-hetero) is 1. The van der Waals surface area contributed by atoms with Crippen molar-refractivity contribution < 1.29 is 19.1 Å². The fraction of sp³-hybridized carbons (Fsp3) is 0.174. The highest BCUT2D eigenvalue weighted by Gasteiger charge is 2.26. The standard InChI is InChI=1S/C23H20N2O4/c1-14-13-28-21-12-16(5-6-18(21)22(14)26)29-20-4-2-3-17(23(24)27)19(20)11-15-7-9-25-10-8-15/h2-10,12,14H,11,13H2,1H3,(H2,24,27)/t14-/m0/s1. The Kier molecular flexibility index (Phi) is 4.99. The molecule has 2 N–H and O–H groups in total. The maximum atomic E-state index is 12.3. The normalized spacial score (nSPS) is 15.3. The van der Waals surface area contributed by atoms with Gasteiger partial charge < -0.3 is 15.2 Å². The smallest absolute Gasteiger partial charge is 0.249 e. The van der Waals surface area contributed by atoms with Crippen LogP contribution in [0.15, 0.2) is 60.9 Å². The topological polar surface area (TPSA) is 91.5 Å². The zero-order valence-corrected chi connectivity index (χ0v) is 15.9. The first-order chi connectivity index (χ1) is 14.0. The van der Waals surface area contributed by atoms with Crippen LogP contribution in [0.1, 0.15) is 38.8 Å². The number of ketones is 1. The molecular weight excluding hydrogens is 368 g/mol. The third-order valence-electron chi connectivity index (χ3n) is 4.91. The number of carbonyl (C=O) groups excluding carboxylic acids is 2. The molecule has 0 spiro atoms. The van der Waals surface area contributed by atoms with Gasteiger partial charge in [-0.25, -0.2) is 0 Å². The molecule has 6 nitrogen and oxygen atoms in total. The molecule has 1 atom stereocenters. The molecule has 0 aliphatic carbocycles. The van der Waals surface area contributed by atoms with Crippen LogP contribution in [-0.2, 0) is 6.42 Å². The Bertz CT molecular complexity index is 1080. The van der Waals surface area contributed by atoms with Crippen LogP contribution in [0.3, 0.4) is 0 Å². The van der Waals surface area contributed by atoms with E-state index >= 15 is 0 Å². The molecule has 0 unspecified atom stereocenters. The molecule has 0 bridgehead atoms. The van der Waals surface area contributed by atoms with E-state index in [0.29, 0.717) is 47.0 Å². The van der Waals surface area contributed by atoms with E-state index in [9.17, 15) is 9.59 Å². The average Bonchev–Trinajstić information content (AvgIpc) is 2.72. The highest BCUT2D eigenvalue weighted by molar-refractivity contribution is 6.01. The molecule has 6 heteroatoms. The first-order valence-electron chi connectivity index (χ1n) is 9.32. The van der Waals surface area contributed by atoms with E-state index in [1.54, 1.807) is 48.8 Å². The van der Waals surface area contributed by atoms with Crippen molar-refractivity contribution in [3.8, 4) is 17.2 Å².